The molecule has 0 unspecified atom stereocenters. The molecule has 0 atom stereocenters. The largest absolute Gasteiger partial charge is 2.00 e. The summed E-state index contributed by atoms with van der Waals surface area (Å²) >= 11 is 4.14. The molecule has 0 fully saturated rings. The number of aryl methyl sites for hydroxylation is 1. The standard InChI is InChI=1S/C7H9NS.Zn/c1-5-2-3-6(8)7(9)4-5;/h2-4,9H,8H2,1H3;/q;+2. The molecule has 1 aromatic carbocycles. The SMILES string of the molecule is Cc1ccc(N)c(S)c1.[Zn+2]. The van der Waals surface area contributed by atoms with Gasteiger partial charge in [0.15, 0.2) is 0 Å². The number of hydrogen-bond acceptors (Lipinski definition) is 2. The first-order chi connectivity index (χ1) is 4.20. The fourth-order valence-corrected chi connectivity index (χ4v) is 0.932. The van der Waals surface area contributed by atoms with Gasteiger partial charge in [-0.05, 0) is 24.6 Å². The Morgan fingerprint density at radius 3 is 2.40 bits per heavy atom. The predicted molar refractivity (Wildman–Crippen MR) is 42.8 cm³/mol. The molecule has 0 amide bonds. The van der Waals surface area contributed by atoms with Gasteiger partial charge in [0.05, 0.1) is 0 Å². The van der Waals surface area contributed by atoms with Crippen molar-refractivity contribution in [2.75, 3.05) is 5.73 Å². The molecule has 48 valence electrons. The van der Waals surface area contributed by atoms with Gasteiger partial charge in [-0.3, -0.25) is 0 Å². The van der Waals surface area contributed by atoms with Crippen LogP contribution in [0.4, 0.5) is 5.69 Å². The van der Waals surface area contributed by atoms with E-state index in [1.54, 1.807) is 0 Å². The van der Waals surface area contributed by atoms with Crippen LogP contribution in [0.5, 0.6) is 0 Å². The van der Waals surface area contributed by atoms with Crippen molar-refractivity contribution in [1.82, 2.24) is 0 Å². The summed E-state index contributed by atoms with van der Waals surface area (Å²) in [6.07, 6.45) is 0. The van der Waals surface area contributed by atoms with Crippen molar-refractivity contribution in [2.45, 2.75) is 11.8 Å². The summed E-state index contributed by atoms with van der Waals surface area (Å²) in [5.41, 5.74) is 7.44. The van der Waals surface area contributed by atoms with Crippen molar-refractivity contribution >= 4 is 18.3 Å². The van der Waals surface area contributed by atoms with Gasteiger partial charge in [0.1, 0.15) is 0 Å². The molecule has 0 aliphatic rings. The maximum atomic E-state index is 5.51. The topological polar surface area (TPSA) is 26.0 Å². The second-order valence-electron chi connectivity index (χ2n) is 2.06. The third-order valence-corrected chi connectivity index (χ3v) is 1.57. The van der Waals surface area contributed by atoms with Crippen LogP contribution >= 0.6 is 12.6 Å². The van der Waals surface area contributed by atoms with Crippen LogP contribution in [0.2, 0.25) is 0 Å². The van der Waals surface area contributed by atoms with Crippen LogP contribution in [0.15, 0.2) is 23.1 Å². The summed E-state index contributed by atoms with van der Waals surface area (Å²) in [4.78, 5) is 0.856. The van der Waals surface area contributed by atoms with Gasteiger partial charge in [-0.2, -0.15) is 0 Å². The van der Waals surface area contributed by atoms with Gasteiger partial charge < -0.3 is 5.73 Å². The molecule has 0 bridgehead atoms. The minimum absolute atomic E-state index is 0. The molecule has 1 aromatic rings. The number of anilines is 1. The van der Waals surface area contributed by atoms with Crippen LogP contribution in [0, 0.1) is 6.92 Å². The van der Waals surface area contributed by atoms with Gasteiger partial charge in [-0.1, -0.05) is 6.07 Å². The first-order valence-corrected chi connectivity index (χ1v) is 3.20. The van der Waals surface area contributed by atoms with Gasteiger partial charge in [-0.25, -0.2) is 0 Å². The van der Waals surface area contributed by atoms with Crippen molar-refractivity contribution in [1.29, 1.82) is 0 Å². The van der Waals surface area contributed by atoms with Crippen molar-refractivity contribution < 1.29 is 19.5 Å². The van der Waals surface area contributed by atoms with Crippen LogP contribution in [-0.2, 0) is 19.5 Å². The molecule has 0 aliphatic carbocycles. The molecule has 0 aromatic heterocycles. The van der Waals surface area contributed by atoms with Gasteiger partial charge in [0.25, 0.3) is 0 Å². The summed E-state index contributed by atoms with van der Waals surface area (Å²) in [5, 5.41) is 0. The van der Waals surface area contributed by atoms with Crippen LogP contribution in [0.1, 0.15) is 5.56 Å². The molecular formula is C7H9NSZn+2. The van der Waals surface area contributed by atoms with Gasteiger partial charge in [0, 0.05) is 10.6 Å². The van der Waals surface area contributed by atoms with Crippen LogP contribution in [0.25, 0.3) is 0 Å². The fraction of sp³-hybridized carbons (Fsp3) is 0.143. The van der Waals surface area contributed by atoms with E-state index in [-0.39, 0.29) is 19.5 Å². The molecule has 1 nitrogen and oxygen atoms in total. The Morgan fingerprint density at radius 2 is 2.00 bits per heavy atom. The summed E-state index contributed by atoms with van der Waals surface area (Å²) in [5.74, 6) is 0. The van der Waals surface area contributed by atoms with E-state index in [0.717, 1.165) is 10.6 Å². The summed E-state index contributed by atoms with van der Waals surface area (Å²) < 4.78 is 0. The monoisotopic (exact) mass is 203 g/mol. The van der Waals surface area contributed by atoms with E-state index >= 15 is 0 Å². The zero-order chi connectivity index (χ0) is 6.85. The quantitative estimate of drug-likeness (QED) is 0.377. The Hall–Kier alpha value is -0.00662. The molecule has 0 saturated heterocycles. The summed E-state index contributed by atoms with van der Waals surface area (Å²) in [7, 11) is 0. The minimum Gasteiger partial charge on any atom is -0.398 e. The van der Waals surface area contributed by atoms with Crippen molar-refractivity contribution in [3.8, 4) is 0 Å². The molecule has 3 heteroatoms. The number of hydrogen-bond donors (Lipinski definition) is 2. The second-order valence-corrected chi connectivity index (χ2v) is 2.54. The molecule has 2 N–H and O–H groups in total. The number of rotatable bonds is 0. The van der Waals surface area contributed by atoms with E-state index in [1.165, 1.54) is 5.56 Å². The normalized spacial score (nSPS) is 8.60. The van der Waals surface area contributed by atoms with Gasteiger partial charge >= 0.3 is 19.5 Å². The first kappa shape index (κ1) is 9.99. The summed E-state index contributed by atoms with van der Waals surface area (Å²) in [6.45, 7) is 2.01. The van der Waals surface area contributed by atoms with E-state index in [1.807, 2.05) is 25.1 Å². The Kier molecular flexibility index (Phi) is 3.99. The predicted octanol–water partition coefficient (Wildman–Crippen LogP) is 1.86. The average molecular weight is 205 g/mol. The Labute approximate surface area is 79.2 Å². The van der Waals surface area contributed by atoms with E-state index in [2.05, 4.69) is 12.6 Å². The van der Waals surface area contributed by atoms with E-state index in [4.69, 9.17) is 5.73 Å². The van der Waals surface area contributed by atoms with E-state index in [0.29, 0.717) is 0 Å². The molecular weight excluding hydrogens is 196 g/mol. The Morgan fingerprint density at radius 1 is 1.40 bits per heavy atom. The number of benzene rings is 1. The third kappa shape index (κ3) is 2.32. The zero-order valence-corrected chi connectivity index (χ0v) is 9.83. The van der Waals surface area contributed by atoms with Gasteiger partial charge in [0.2, 0.25) is 0 Å². The molecule has 1 rings (SSSR count). The second kappa shape index (κ2) is 3.99. The van der Waals surface area contributed by atoms with Crippen molar-refractivity contribution in [2.24, 2.45) is 0 Å². The first-order valence-electron chi connectivity index (χ1n) is 2.75. The smallest absolute Gasteiger partial charge is 0.398 e. The number of nitrogen functional groups attached to an aromatic ring is 1. The molecule has 0 saturated carbocycles. The van der Waals surface area contributed by atoms with Crippen LogP contribution in [0.3, 0.4) is 0 Å². The van der Waals surface area contributed by atoms with Crippen molar-refractivity contribution in [3.63, 3.8) is 0 Å². The third-order valence-electron chi connectivity index (χ3n) is 1.19. The summed E-state index contributed by atoms with van der Waals surface area (Å²) in [6, 6.07) is 5.77. The molecule has 0 radical (unpaired) electrons. The molecule has 0 spiro atoms. The number of nitrogens with two attached hydrogens (primary N) is 1. The van der Waals surface area contributed by atoms with Gasteiger partial charge in [-0.15, -0.1) is 12.6 Å². The minimum atomic E-state index is 0. The van der Waals surface area contributed by atoms with Crippen LogP contribution in [-0.4, -0.2) is 0 Å². The molecule has 10 heavy (non-hydrogen) atoms. The average Bonchev–Trinajstić information content (AvgIpc) is 1.80. The van der Waals surface area contributed by atoms with Crippen molar-refractivity contribution in [3.05, 3.63) is 23.8 Å². The zero-order valence-electron chi connectivity index (χ0n) is 5.96. The van der Waals surface area contributed by atoms with E-state index < -0.39 is 0 Å². The Bertz CT molecular complexity index is 225. The molecule has 0 heterocycles. The maximum Gasteiger partial charge on any atom is 2.00 e. The maximum absolute atomic E-state index is 5.51. The number of thiol groups is 1. The molecule has 0 aliphatic heterocycles. The van der Waals surface area contributed by atoms with E-state index in [9.17, 15) is 0 Å². The van der Waals surface area contributed by atoms with Crippen LogP contribution < -0.4 is 5.73 Å². The fourth-order valence-electron chi connectivity index (χ4n) is 0.654. The Balaban J connectivity index is 0.000000810.